The van der Waals surface area contributed by atoms with Gasteiger partial charge in [0.1, 0.15) is 5.56 Å². The van der Waals surface area contributed by atoms with Gasteiger partial charge in [0, 0.05) is 25.5 Å². The summed E-state index contributed by atoms with van der Waals surface area (Å²) >= 11 is 0. The van der Waals surface area contributed by atoms with E-state index in [1.807, 2.05) is 24.8 Å². The van der Waals surface area contributed by atoms with E-state index in [2.05, 4.69) is 9.97 Å². The predicted octanol–water partition coefficient (Wildman–Crippen LogP) is 2.18. The minimum absolute atomic E-state index is 0.119. The zero-order valence-electron chi connectivity index (χ0n) is 15.3. The van der Waals surface area contributed by atoms with Crippen LogP contribution >= 0.6 is 0 Å². The van der Waals surface area contributed by atoms with E-state index in [0.717, 1.165) is 24.3 Å². The largest absolute Gasteiger partial charge is 0.338 e. The van der Waals surface area contributed by atoms with Crippen LogP contribution in [0.2, 0.25) is 0 Å². The lowest BCUT2D eigenvalue weighted by molar-refractivity contribution is 0.0777. The highest BCUT2D eigenvalue weighted by Crippen LogP contribution is 2.38. The first-order chi connectivity index (χ1) is 12.5. The van der Waals surface area contributed by atoms with Crippen molar-refractivity contribution in [2.75, 3.05) is 13.1 Å². The first-order valence-corrected chi connectivity index (χ1v) is 9.30. The number of aromatic nitrogens is 3. The number of hydrogen-bond donors (Lipinski definition) is 0. The summed E-state index contributed by atoms with van der Waals surface area (Å²) in [7, 11) is 0. The Balaban J connectivity index is 1.61. The number of carbonyl (C=O) groups excluding carboxylic acids is 1. The molecule has 0 spiro atoms. The number of likely N-dealkylation sites (tertiary alicyclic amines) is 1. The number of nitrogens with zero attached hydrogens (tertiary/aromatic N) is 4. The SMILES string of the molecule is Cc1cnc(Cn2ccc(C)c(C(=O)N3C[C@H]4CCC[C@H]4C3)c2=O)cn1. The highest BCUT2D eigenvalue weighted by molar-refractivity contribution is 5.95. The third-order valence-corrected chi connectivity index (χ3v) is 5.77. The quantitative estimate of drug-likeness (QED) is 0.849. The van der Waals surface area contributed by atoms with Crippen molar-refractivity contribution in [2.45, 2.75) is 39.7 Å². The van der Waals surface area contributed by atoms with Crippen LogP contribution in [0.4, 0.5) is 0 Å². The van der Waals surface area contributed by atoms with Gasteiger partial charge < -0.3 is 9.47 Å². The van der Waals surface area contributed by atoms with Crippen molar-refractivity contribution in [1.82, 2.24) is 19.4 Å². The van der Waals surface area contributed by atoms with Gasteiger partial charge in [-0.05, 0) is 50.2 Å². The highest BCUT2D eigenvalue weighted by atomic mass is 16.2. The smallest absolute Gasteiger partial charge is 0.264 e. The maximum atomic E-state index is 13.1. The second kappa shape index (κ2) is 6.67. The Morgan fingerprint density at radius 1 is 1.15 bits per heavy atom. The maximum Gasteiger partial charge on any atom is 0.264 e. The van der Waals surface area contributed by atoms with Crippen molar-refractivity contribution in [3.8, 4) is 0 Å². The molecule has 1 saturated heterocycles. The molecule has 2 atom stereocenters. The Labute approximate surface area is 152 Å². The summed E-state index contributed by atoms with van der Waals surface area (Å²) < 4.78 is 1.55. The van der Waals surface area contributed by atoms with Crippen molar-refractivity contribution >= 4 is 5.91 Å². The topological polar surface area (TPSA) is 68.1 Å². The Kier molecular flexibility index (Phi) is 4.34. The molecule has 2 aliphatic rings. The zero-order valence-corrected chi connectivity index (χ0v) is 15.3. The van der Waals surface area contributed by atoms with Gasteiger partial charge in [0.25, 0.3) is 11.5 Å². The molecule has 6 nitrogen and oxygen atoms in total. The number of rotatable bonds is 3. The summed E-state index contributed by atoms with van der Waals surface area (Å²) in [5, 5.41) is 0. The molecule has 1 aliphatic heterocycles. The fraction of sp³-hybridized carbons (Fsp3) is 0.500. The molecule has 1 aliphatic carbocycles. The minimum atomic E-state index is -0.241. The Morgan fingerprint density at radius 3 is 2.54 bits per heavy atom. The summed E-state index contributed by atoms with van der Waals surface area (Å²) in [6.45, 7) is 5.61. The first kappa shape index (κ1) is 16.9. The molecule has 26 heavy (non-hydrogen) atoms. The van der Waals surface area contributed by atoms with Crippen molar-refractivity contribution in [1.29, 1.82) is 0 Å². The van der Waals surface area contributed by atoms with Crippen LogP contribution in [0.15, 0.2) is 29.5 Å². The summed E-state index contributed by atoms with van der Waals surface area (Å²) in [5.41, 5.74) is 2.33. The van der Waals surface area contributed by atoms with Gasteiger partial charge in [0.05, 0.1) is 24.1 Å². The van der Waals surface area contributed by atoms with E-state index in [4.69, 9.17) is 0 Å². The fourth-order valence-electron chi connectivity index (χ4n) is 4.28. The van der Waals surface area contributed by atoms with Crippen LogP contribution in [0.1, 0.15) is 46.6 Å². The minimum Gasteiger partial charge on any atom is -0.338 e. The van der Waals surface area contributed by atoms with Gasteiger partial charge in [-0.2, -0.15) is 0 Å². The molecule has 2 aromatic rings. The van der Waals surface area contributed by atoms with E-state index in [-0.39, 0.29) is 11.5 Å². The average molecular weight is 352 g/mol. The second-order valence-electron chi connectivity index (χ2n) is 7.62. The molecule has 136 valence electrons. The Morgan fingerprint density at radius 2 is 1.88 bits per heavy atom. The lowest BCUT2D eigenvalue weighted by atomic mass is 10.0. The van der Waals surface area contributed by atoms with Gasteiger partial charge in [0.15, 0.2) is 0 Å². The molecule has 0 unspecified atom stereocenters. The van der Waals surface area contributed by atoms with Crippen LogP contribution < -0.4 is 5.56 Å². The van der Waals surface area contributed by atoms with Crippen LogP contribution in [-0.4, -0.2) is 38.4 Å². The van der Waals surface area contributed by atoms with E-state index in [0.29, 0.717) is 29.6 Å². The van der Waals surface area contributed by atoms with E-state index >= 15 is 0 Å². The molecular weight excluding hydrogens is 328 g/mol. The lowest BCUT2D eigenvalue weighted by Crippen LogP contribution is -2.37. The Hall–Kier alpha value is -2.50. The first-order valence-electron chi connectivity index (χ1n) is 9.30. The highest BCUT2D eigenvalue weighted by Gasteiger charge is 2.39. The standard InChI is InChI=1S/C20H24N4O2/c1-13-6-7-23(12-17-9-21-14(2)8-22-17)19(25)18(13)20(26)24-10-15-4-3-5-16(15)11-24/h6-9,15-16H,3-5,10-12H2,1-2H3/t15-,16+. The van der Waals surface area contributed by atoms with Gasteiger partial charge in [-0.1, -0.05) is 6.42 Å². The summed E-state index contributed by atoms with van der Waals surface area (Å²) in [6, 6.07) is 1.84. The second-order valence-corrected chi connectivity index (χ2v) is 7.62. The molecule has 0 N–H and O–H groups in total. The maximum absolute atomic E-state index is 13.1. The fourth-order valence-corrected chi connectivity index (χ4v) is 4.28. The monoisotopic (exact) mass is 352 g/mol. The average Bonchev–Trinajstić information content (AvgIpc) is 3.21. The van der Waals surface area contributed by atoms with E-state index < -0.39 is 0 Å². The molecule has 1 amide bonds. The molecular formula is C20H24N4O2. The molecule has 6 heteroatoms. The van der Waals surface area contributed by atoms with Gasteiger partial charge in [-0.25, -0.2) is 0 Å². The third-order valence-electron chi connectivity index (χ3n) is 5.77. The molecule has 0 bridgehead atoms. The van der Waals surface area contributed by atoms with Crippen LogP contribution in [0.25, 0.3) is 0 Å². The number of pyridine rings is 1. The van der Waals surface area contributed by atoms with Gasteiger partial charge in [0.2, 0.25) is 0 Å². The number of carbonyl (C=O) groups is 1. The van der Waals surface area contributed by atoms with Crippen molar-refractivity contribution in [3.63, 3.8) is 0 Å². The normalized spacial score (nSPS) is 21.8. The Bertz CT molecular complexity index is 876. The molecule has 4 rings (SSSR count). The molecule has 2 fully saturated rings. The van der Waals surface area contributed by atoms with Crippen molar-refractivity contribution in [3.05, 3.63) is 57.5 Å². The van der Waals surface area contributed by atoms with Gasteiger partial charge in [-0.3, -0.25) is 19.6 Å². The number of aryl methyl sites for hydroxylation is 2. The predicted molar refractivity (Wildman–Crippen MR) is 98.0 cm³/mol. The van der Waals surface area contributed by atoms with Crippen LogP contribution in [-0.2, 0) is 6.54 Å². The molecule has 3 heterocycles. The lowest BCUT2D eigenvalue weighted by Gasteiger charge is -2.19. The zero-order chi connectivity index (χ0) is 18.3. The van der Waals surface area contributed by atoms with Gasteiger partial charge in [-0.15, -0.1) is 0 Å². The van der Waals surface area contributed by atoms with Crippen LogP contribution in [0, 0.1) is 25.7 Å². The number of amides is 1. The van der Waals surface area contributed by atoms with Crippen molar-refractivity contribution in [2.24, 2.45) is 11.8 Å². The molecule has 0 radical (unpaired) electrons. The van der Waals surface area contributed by atoms with Crippen LogP contribution in [0.3, 0.4) is 0 Å². The summed E-state index contributed by atoms with van der Waals surface area (Å²) in [5.74, 6) is 1.12. The summed E-state index contributed by atoms with van der Waals surface area (Å²) in [4.78, 5) is 36.4. The molecule has 0 aromatic carbocycles. The molecule has 2 aromatic heterocycles. The number of hydrogen-bond acceptors (Lipinski definition) is 4. The van der Waals surface area contributed by atoms with Gasteiger partial charge >= 0.3 is 0 Å². The van der Waals surface area contributed by atoms with E-state index in [9.17, 15) is 9.59 Å². The van der Waals surface area contributed by atoms with Crippen LogP contribution in [0.5, 0.6) is 0 Å². The van der Waals surface area contributed by atoms with E-state index in [1.165, 1.54) is 19.3 Å². The van der Waals surface area contributed by atoms with E-state index in [1.54, 1.807) is 23.2 Å². The number of fused-ring (bicyclic) bond motifs is 1. The summed E-state index contributed by atoms with van der Waals surface area (Å²) in [6.07, 6.45) is 8.77. The molecule has 1 saturated carbocycles. The third kappa shape index (κ3) is 3.04. The van der Waals surface area contributed by atoms with Crippen molar-refractivity contribution < 1.29 is 4.79 Å².